The average molecular weight is 185 g/mol. The molecule has 0 N–H and O–H groups in total. The molecule has 14 heavy (non-hydrogen) atoms. The number of allylic oxidation sites excluding steroid dienone is 2. The highest BCUT2D eigenvalue weighted by Crippen LogP contribution is 1.97. The summed E-state index contributed by atoms with van der Waals surface area (Å²) in [5.74, 6) is 0. The van der Waals surface area contributed by atoms with Crippen molar-refractivity contribution in [1.82, 2.24) is 0 Å². The maximum atomic E-state index is 4.25. The fourth-order valence-electron chi connectivity index (χ4n) is 0.589. The molecule has 0 heterocycles. The summed E-state index contributed by atoms with van der Waals surface area (Å²) < 4.78 is 0. The van der Waals surface area contributed by atoms with Gasteiger partial charge in [-0.25, -0.2) is 0 Å². The highest BCUT2D eigenvalue weighted by molar-refractivity contribution is 5.45. The van der Waals surface area contributed by atoms with Crippen LogP contribution in [0.4, 0.5) is 0 Å². The van der Waals surface area contributed by atoms with E-state index in [4.69, 9.17) is 0 Å². The van der Waals surface area contributed by atoms with Crippen LogP contribution in [-0.4, -0.2) is 0 Å². The summed E-state index contributed by atoms with van der Waals surface area (Å²) in [6.07, 6.45) is 5.11. The molecule has 0 unspecified atom stereocenters. The topological polar surface area (TPSA) is 0 Å². The van der Waals surface area contributed by atoms with E-state index in [1.54, 1.807) is 12.2 Å². The van der Waals surface area contributed by atoms with Gasteiger partial charge >= 0.3 is 0 Å². The predicted octanol–water partition coefficient (Wildman–Crippen LogP) is 4.29. The molecule has 0 aliphatic rings. The average Bonchev–Trinajstić information content (AvgIpc) is 2.33. The summed E-state index contributed by atoms with van der Waals surface area (Å²) in [5, 5.41) is 0. The predicted molar refractivity (Wildman–Crippen MR) is 66.9 cm³/mol. The van der Waals surface area contributed by atoms with Crippen molar-refractivity contribution in [2.45, 2.75) is 0 Å². The Hall–Kier alpha value is -1.82. The van der Waals surface area contributed by atoms with Gasteiger partial charge in [0.1, 0.15) is 0 Å². The molecule has 1 rings (SSSR count). The first-order valence-electron chi connectivity index (χ1n) is 4.17. The third kappa shape index (κ3) is 10.2. The maximum Gasteiger partial charge on any atom is -0.0263 e. The van der Waals surface area contributed by atoms with E-state index in [0.717, 1.165) is 0 Å². The van der Waals surface area contributed by atoms with Gasteiger partial charge in [-0.3, -0.25) is 0 Å². The molecule has 0 heteroatoms. The lowest BCUT2D eigenvalue weighted by Gasteiger charge is -1.85. The van der Waals surface area contributed by atoms with E-state index < -0.39 is 0 Å². The molecule has 0 atom stereocenters. The zero-order chi connectivity index (χ0) is 11.2. The highest BCUT2D eigenvalue weighted by Gasteiger charge is 1.75. The van der Waals surface area contributed by atoms with Gasteiger partial charge in [0.25, 0.3) is 0 Å². The molecule has 0 saturated carbocycles. The minimum atomic E-state index is 1.17. The molecule has 73 valence electrons. The summed E-state index contributed by atoms with van der Waals surface area (Å²) >= 11 is 0. The standard InChI is InChI=1S/C8H8.C4H6.C2H3/c1-2-8-6-4-3-5-7-8;1-3-4-2;1-2/h2-7H,1H2;3-4H,1-2H2;1H,2H2. The van der Waals surface area contributed by atoms with Crippen LogP contribution in [0.15, 0.2) is 68.8 Å². The van der Waals surface area contributed by atoms with Crippen LogP contribution < -0.4 is 0 Å². The molecule has 1 aromatic carbocycles. The van der Waals surface area contributed by atoms with E-state index in [-0.39, 0.29) is 0 Å². The normalized spacial score (nSPS) is 6.57. The Balaban J connectivity index is 0. The van der Waals surface area contributed by atoms with Crippen LogP contribution in [-0.2, 0) is 0 Å². The lowest BCUT2D eigenvalue weighted by molar-refractivity contribution is 1.67. The summed E-state index contributed by atoms with van der Waals surface area (Å²) in [7, 11) is 0. The largest absolute Gasteiger partial charge is 0.0991 e. The molecule has 0 aromatic heterocycles. The molecule has 0 aliphatic carbocycles. The Morgan fingerprint density at radius 1 is 0.857 bits per heavy atom. The first kappa shape index (κ1) is 14.7. The van der Waals surface area contributed by atoms with Gasteiger partial charge in [0.05, 0.1) is 0 Å². The third-order valence-corrected chi connectivity index (χ3v) is 1.20. The van der Waals surface area contributed by atoms with Crippen LogP contribution in [0.3, 0.4) is 0 Å². The van der Waals surface area contributed by atoms with E-state index >= 15 is 0 Å². The third-order valence-electron chi connectivity index (χ3n) is 1.20. The van der Waals surface area contributed by atoms with Crippen LogP contribution in [0.1, 0.15) is 5.56 Å². The van der Waals surface area contributed by atoms with Crippen LogP contribution in [0, 0.1) is 6.58 Å². The fourth-order valence-corrected chi connectivity index (χ4v) is 0.589. The Morgan fingerprint density at radius 3 is 1.50 bits per heavy atom. The molecule has 0 saturated heterocycles. The molecular formula is C14H17. The molecule has 0 aliphatic heterocycles. The van der Waals surface area contributed by atoms with Gasteiger partial charge in [-0.2, -0.15) is 0 Å². The second-order valence-corrected chi connectivity index (χ2v) is 2.09. The summed E-state index contributed by atoms with van der Waals surface area (Å²) in [6, 6.07) is 10.0. The molecule has 0 bridgehead atoms. The van der Waals surface area contributed by atoms with Crippen molar-refractivity contribution in [3.8, 4) is 0 Å². The number of benzene rings is 1. The van der Waals surface area contributed by atoms with Crippen molar-refractivity contribution in [3.05, 3.63) is 80.9 Å². The molecule has 1 radical (unpaired) electrons. The van der Waals surface area contributed by atoms with Crippen molar-refractivity contribution < 1.29 is 0 Å². The van der Waals surface area contributed by atoms with E-state index in [9.17, 15) is 0 Å². The van der Waals surface area contributed by atoms with E-state index in [2.05, 4.69) is 32.9 Å². The molecule has 0 fully saturated rings. The number of hydrogen-bond acceptors (Lipinski definition) is 0. The fraction of sp³-hybridized carbons (Fsp3) is 0. The van der Waals surface area contributed by atoms with E-state index in [0.29, 0.717) is 0 Å². The first-order valence-corrected chi connectivity index (χ1v) is 4.17. The van der Waals surface area contributed by atoms with Crippen molar-refractivity contribution in [3.63, 3.8) is 0 Å². The zero-order valence-electron chi connectivity index (χ0n) is 8.52. The summed E-state index contributed by atoms with van der Waals surface area (Å²) in [5.41, 5.74) is 1.17. The Kier molecular flexibility index (Phi) is 14.4. The summed E-state index contributed by atoms with van der Waals surface area (Å²) in [4.78, 5) is 0. The Bertz CT molecular complexity index is 238. The van der Waals surface area contributed by atoms with E-state index in [1.165, 1.54) is 5.56 Å². The van der Waals surface area contributed by atoms with Crippen LogP contribution in [0.25, 0.3) is 6.08 Å². The van der Waals surface area contributed by atoms with Gasteiger partial charge in [-0.1, -0.05) is 81.5 Å². The summed E-state index contributed by atoms with van der Waals surface area (Å²) in [6.45, 7) is 17.4. The first-order chi connectivity index (χ1) is 6.85. The lowest BCUT2D eigenvalue weighted by atomic mass is 10.2. The van der Waals surface area contributed by atoms with Crippen LogP contribution >= 0.6 is 0 Å². The minimum Gasteiger partial charge on any atom is -0.0991 e. The second-order valence-electron chi connectivity index (χ2n) is 2.09. The van der Waals surface area contributed by atoms with Gasteiger partial charge in [0.15, 0.2) is 0 Å². The molecule has 0 amide bonds. The molecule has 0 spiro atoms. The smallest absolute Gasteiger partial charge is 0.0263 e. The maximum absolute atomic E-state index is 4.25. The Morgan fingerprint density at radius 2 is 1.29 bits per heavy atom. The number of rotatable bonds is 2. The van der Waals surface area contributed by atoms with Crippen molar-refractivity contribution >= 4 is 6.08 Å². The second kappa shape index (κ2) is 13.7. The highest BCUT2D eigenvalue weighted by atomic mass is 13.8. The van der Waals surface area contributed by atoms with E-state index in [1.807, 2.05) is 36.4 Å². The SMILES string of the molecule is C=CC=C.C=Cc1ccccc1.[CH]=C. The van der Waals surface area contributed by atoms with Gasteiger partial charge < -0.3 is 0 Å². The molecule has 0 nitrogen and oxygen atoms in total. The quantitative estimate of drug-likeness (QED) is 0.603. The van der Waals surface area contributed by atoms with Gasteiger partial charge in [-0.15, -0.1) is 0 Å². The number of hydrogen-bond donors (Lipinski definition) is 0. The lowest BCUT2D eigenvalue weighted by Crippen LogP contribution is -1.63. The van der Waals surface area contributed by atoms with Gasteiger partial charge in [-0.05, 0) is 5.56 Å². The van der Waals surface area contributed by atoms with Gasteiger partial charge in [0.2, 0.25) is 0 Å². The van der Waals surface area contributed by atoms with Gasteiger partial charge in [0, 0.05) is 0 Å². The van der Waals surface area contributed by atoms with Crippen LogP contribution in [0.5, 0.6) is 0 Å². The molecule has 1 aromatic rings. The van der Waals surface area contributed by atoms with Crippen LogP contribution in [0.2, 0.25) is 0 Å². The minimum absolute atomic E-state index is 1.17. The van der Waals surface area contributed by atoms with Crippen molar-refractivity contribution in [1.29, 1.82) is 0 Å². The molecular weight excluding hydrogens is 168 g/mol. The van der Waals surface area contributed by atoms with Crippen molar-refractivity contribution in [2.75, 3.05) is 0 Å². The zero-order valence-corrected chi connectivity index (χ0v) is 8.52. The van der Waals surface area contributed by atoms with Crippen molar-refractivity contribution in [2.24, 2.45) is 0 Å². The Labute approximate surface area is 87.6 Å². The monoisotopic (exact) mass is 185 g/mol.